The van der Waals surface area contributed by atoms with Gasteiger partial charge in [-0.05, 0) is 68.2 Å². The van der Waals surface area contributed by atoms with E-state index >= 15 is 0 Å². The average Bonchev–Trinajstić information content (AvgIpc) is 3.16. The first kappa shape index (κ1) is 27.3. The number of allylic oxidation sites excluding steroid dienone is 4. The van der Waals surface area contributed by atoms with E-state index in [1.54, 1.807) is 12.1 Å². The number of benzene rings is 2. The highest BCUT2D eigenvalue weighted by atomic mass is 19.1. The van der Waals surface area contributed by atoms with Gasteiger partial charge in [-0.15, -0.1) is 13.2 Å². The second-order valence-corrected chi connectivity index (χ2v) is 6.99. The van der Waals surface area contributed by atoms with Crippen LogP contribution in [0.25, 0.3) is 11.3 Å². The molecule has 174 valence electrons. The lowest BCUT2D eigenvalue weighted by Crippen LogP contribution is -2.09. The van der Waals surface area contributed by atoms with Gasteiger partial charge in [0, 0.05) is 12.2 Å². The van der Waals surface area contributed by atoms with Crippen LogP contribution in [0.2, 0.25) is 0 Å². The van der Waals surface area contributed by atoms with Crippen LogP contribution in [-0.2, 0) is 11.3 Å². The second-order valence-electron chi connectivity index (χ2n) is 6.99. The van der Waals surface area contributed by atoms with Crippen LogP contribution in [0.3, 0.4) is 0 Å². The Balaban J connectivity index is 0.000000354. The predicted molar refractivity (Wildman–Crippen MR) is 137 cm³/mol. The summed E-state index contributed by atoms with van der Waals surface area (Å²) in [5.41, 5.74) is 6.67. The fourth-order valence-electron chi connectivity index (χ4n) is 2.99. The molecule has 2 aromatic carbocycles. The Morgan fingerprint density at radius 1 is 1.09 bits per heavy atom. The standard InChI is InChI=1S/C18H22N2.C8H8FNO.C2H4/c1-5-7-11-16(6-2)18-14(3)15(4)20(19-18)17-12-9-8-10-13-17;9-8-3-1-7(2-4-8)5-10-6-11;1-2/h6-13H,5H2,1-4H3;1-4,6H,5H2,(H,10,11);1-2H2/b11-7-,16-6+;;. The summed E-state index contributed by atoms with van der Waals surface area (Å²) >= 11 is 0. The van der Waals surface area contributed by atoms with Crippen molar-refractivity contribution in [3.8, 4) is 5.69 Å². The van der Waals surface area contributed by atoms with Crippen molar-refractivity contribution in [2.75, 3.05) is 0 Å². The van der Waals surface area contributed by atoms with Crippen LogP contribution in [0.5, 0.6) is 0 Å². The molecular formula is C28H34FN3O. The Bertz CT molecular complexity index is 1040. The van der Waals surface area contributed by atoms with Crippen molar-refractivity contribution in [2.45, 2.75) is 40.7 Å². The lowest BCUT2D eigenvalue weighted by Gasteiger charge is -2.03. The van der Waals surface area contributed by atoms with Gasteiger partial charge in [0.15, 0.2) is 0 Å². The molecule has 1 heterocycles. The first-order valence-corrected chi connectivity index (χ1v) is 10.9. The van der Waals surface area contributed by atoms with Gasteiger partial charge in [0.05, 0.1) is 11.4 Å². The van der Waals surface area contributed by atoms with E-state index in [4.69, 9.17) is 5.10 Å². The number of rotatable bonds is 7. The highest BCUT2D eigenvalue weighted by Gasteiger charge is 2.13. The van der Waals surface area contributed by atoms with Gasteiger partial charge in [0.2, 0.25) is 6.41 Å². The smallest absolute Gasteiger partial charge is 0.207 e. The summed E-state index contributed by atoms with van der Waals surface area (Å²) in [6.45, 7) is 14.9. The number of nitrogens with one attached hydrogen (secondary N) is 1. The number of nitrogens with zero attached hydrogens (tertiary/aromatic N) is 2. The molecule has 0 unspecified atom stereocenters. The van der Waals surface area contributed by atoms with E-state index in [0.717, 1.165) is 23.4 Å². The van der Waals surface area contributed by atoms with Crippen LogP contribution >= 0.6 is 0 Å². The molecule has 0 aliphatic rings. The zero-order valence-corrected chi connectivity index (χ0v) is 20.0. The summed E-state index contributed by atoms with van der Waals surface area (Å²) in [4.78, 5) is 9.86. The summed E-state index contributed by atoms with van der Waals surface area (Å²) in [5.74, 6) is -0.264. The van der Waals surface area contributed by atoms with Crippen molar-refractivity contribution < 1.29 is 9.18 Å². The lowest BCUT2D eigenvalue weighted by atomic mass is 10.1. The van der Waals surface area contributed by atoms with E-state index in [0.29, 0.717) is 13.0 Å². The van der Waals surface area contributed by atoms with Crippen LogP contribution in [0.15, 0.2) is 86.0 Å². The van der Waals surface area contributed by atoms with Gasteiger partial charge in [-0.25, -0.2) is 9.07 Å². The number of aromatic nitrogens is 2. The van der Waals surface area contributed by atoms with Crippen molar-refractivity contribution in [1.29, 1.82) is 0 Å². The minimum atomic E-state index is -0.264. The van der Waals surface area contributed by atoms with Crippen molar-refractivity contribution in [1.82, 2.24) is 15.1 Å². The molecule has 0 saturated carbocycles. The minimum absolute atomic E-state index is 0.264. The number of hydrogen-bond acceptors (Lipinski definition) is 2. The van der Waals surface area contributed by atoms with Crippen LogP contribution < -0.4 is 5.32 Å². The Kier molecular flexibility index (Phi) is 12.5. The normalized spacial score (nSPS) is 10.6. The van der Waals surface area contributed by atoms with Crippen molar-refractivity contribution in [3.05, 3.63) is 114 Å². The average molecular weight is 448 g/mol. The van der Waals surface area contributed by atoms with Gasteiger partial charge in [0.1, 0.15) is 5.82 Å². The van der Waals surface area contributed by atoms with Crippen molar-refractivity contribution >= 4 is 12.0 Å². The fraction of sp³-hybridized carbons (Fsp3) is 0.214. The van der Waals surface area contributed by atoms with Gasteiger partial charge < -0.3 is 5.32 Å². The monoisotopic (exact) mass is 447 g/mol. The van der Waals surface area contributed by atoms with E-state index in [9.17, 15) is 9.18 Å². The highest BCUT2D eigenvalue weighted by molar-refractivity contribution is 5.74. The Morgan fingerprint density at radius 2 is 1.73 bits per heavy atom. The summed E-state index contributed by atoms with van der Waals surface area (Å²) in [7, 11) is 0. The maximum atomic E-state index is 12.3. The van der Waals surface area contributed by atoms with Gasteiger partial charge in [-0.3, -0.25) is 4.79 Å². The number of hydrogen-bond donors (Lipinski definition) is 1. The Labute approximate surface area is 197 Å². The molecule has 0 bridgehead atoms. The SMILES string of the molecule is C/C=C(\C=C/CC)c1nn(-c2ccccc2)c(C)c1C.C=C.O=CNCc1ccc(F)cc1. The van der Waals surface area contributed by atoms with Crippen LogP contribution in [0.1, 0.15) is 42.8 Å². The Morgan fingerprint density at radius 3 is 2.27 bits per heavy atom. The maximum Gasteiger partial charge on any atom is 0.207 e. The first-order valence-electron chi connectivity index (χ1n) is 10.9. The molecule has 1 amide bonds. The molecule has 4 nitrogen and oxygen atoms in total. The minimum Gasteiger partial charge on any atom is -0.355 e. The molecule has 0 spiro atoms. The quantitative estimate of drug-likeness (QED) is 0.248. The summed E-state index contributed by atoms with van der Waals surface area (Å²) in [6, 6.07) is 16.3. The predicted octanol–water partition coefficient (Wildman–Crippen LogP) is 6.73. The second kappa shape index (κ2) is 15.1. The summed E-state index contributed by atoms with van der Waals surface area (Å²) < 4.78 is 14.3. The van der Waals surface area contributed by atoms with Crippen molar-refractivity contribution in [2.24, 2.45) is 0 Å². The number of carbonyl (C=O) groups is 1. The molecule has 1 aromatic heterocycles. The third kappa shape index (κ3) is 8.37. The van der Waals surface area contributed by atoms with Crippen LogP contribution in [0, 0.1) is 19.7 Å². The molecule has 0 radical (unpaired) electrons. The van der Waals surface area contributed by atoms with Gasteiger partial charge >= 0.3 is 0 Å². The maximum absolute atomic E-state index is 12.3. The molecule has 0 fully saturated rings. The van der Waals surface area contributed by atoms with E-state index in [-0.39, 0.29) is 5.82 Å². The fourth-order valence-corrected chi connectivity index (χ4v) is 2.99. The number of carbonyl (C=O) groups excluding carboxylic acids is 1. The first-order chi connectivity index (χ1) is 16.0. The van der Waals surface area contributed by atoms with Crippen LogP contribution in [0.4, 0.5) is 4.39 Å². The van der Waals surface area contributed by atoms with Gasteiger partial charge in [0.25, 0.3) is 0 Å². The molecular weight excluding hydrogens is 413 g/mol. The zero-order chi connectivity index (χ0) is 24.6. The molecule has 5 heteroatoms. The molecule has 0 aliphatic heterocycles. The third-order valence-corrected chi connectivity index (χ3v) is 4.84. The number of halogens is 1. The largest absolute Gasteiger partial charge is 0.355 e. The molecule has 33 heavy (non-hydrogen) atoms. The van der Waals surface area contributed by atoms with E-state index in [1.165, 1.54) is 29.0 Å². The van der Waals surface area contributed by atoms with E-state index in [1.807, 2.05) is 22.9 Å². The topological polar surface area (TPSA) is 46.9 Å². The van der Waals surface area contributed by atoms with Gasteiger partial charge in [-0.1, -0.05) is 55.5 Å². The highest BCUT2D eigenvalue weighted by Crippen LogP contribution is 2.24. The third-order valence-electron chi connectivity index (χ3n) is 4.84. The Hall–Kier alpha value is -3.73. The number of amides is 1. The van der Waals surface area contributed by atoms with E-state index in [2.05, 4.69) is 76.5 Å². The summed E-state index contributed by atoms with van der Waals surface area (Å²) in [5, 5.41) is 7.28. The van der Waals surface area contributed by atoms with Crippen molar-refractivity contribution in [3.63, 3.8) is 0 Å². The van der Waals surface area contributed by atoms with E-state index < -0.39 is 0 Å². The summed E-state index contributed by atoms with van der Waals surface area (Å²) in [6.07, 6.45) is 8.10. The molecule has 3 rings (SSSR count). The molecule has 0 aliphatic carbocycles. The zero-order valence-electron chi connectivity index (χ0n) is 20.0. The lowest BCUT2D eigenvalue weighted by molar-refractivity contribution is -0.109. The molecule has 0 saturated heterocycles. The van der Waals surface area contributed by atoms with Gasteiger partial charge in [-0.2, -0.15) is 5.10 Å². The molecule has 0 atom stereocenters. The molecule has 3 aromatic rings. The van der Waals surface area contributed by atoms with Crippen LogP contribution in [-0.4, -0.2) is 16.2 Å². The number of para-hydroxylation sites is 1. The molecule has 1 N–H and O–H groups in total.